The molecule has 1 amide bonds. The minimum absolute atomic E-state index is 0.305. The molecule has 1 fully saturated rings. The van der Waals surface area contributed by atoms with Crippen molar-refractivity contribution in [3.05, 3.63) is 42.1 Å². The zero-order valence-corrected chi connectivity index (χ0v) is 15.9. The van der Waals surface area contributed by atoms with Gasteiger partial charge < -0.3 is 19.1 Å². The number of amides is 1. The second kappa shape index (κ2) is 8.35. The molecule has 2 aliphatic rings. The molecule has 4 rings (SSSR count). The number of benzene rings is 1. The molecule has 0 bridgehead atoms. The molecule has 0 saturated carbocycles. The summed E-state index contributed by atoms with van der Waals surface area (Å²) < 4.78 is 15.7. The molecule has 1 aromatic heterocycles. The predicted molar refractivity (Wildman–Crippen MR) is 105 cm³/mol. The summed E-state index contributed by atoms with van der Waals surface area (Å²) in [6, 6.07) is 9.91. The number of hydrogen-bond acceptors (Lipinski definition) is 7. The van der Waals surface area contributed by atoms with E-state index < -0.39 is 6.09 Å². The summed E-state index contributed by atoms with van der Waals surface area (Å²) >= 11 is 0. The number of nitrogens with one attached hydrogen (secondary N) is 1. The predicted octanol–water partition coefficient (Wildman–Crippen LogP) is 2.70. The number of rotatable bonds is 5. The maximum absolute atomic E-state index is 11.4. The smallest absolute Gasteiger partial charge is 0.412 e. The Balaban J connectivity index is 1.28. The molecule has 1 aromatic carbocycles. The van der Waals surface area contributed by atoms with E-state index >= 15 is 0 Å². The Morgan fingerprint density at radius 2 is 1.96 bits per heavy atom. The van der Waals surface area contributed by atoms with Crippen LogP contribution >= 0.6 is 0 Å². The molecule has 1 N–H and O–H groups in total. The molecule has 2 aromatic rings. The van der Waals surface area contributed by atoms with E-state index in [0.717, 1.165) is 49.9 Å². The van der Waals surface area contributed by atoms with Crippen molar-refractivity contribution in [2.75, 3.05) is 49.8 Å². The van der Waals surface area contributed by atoms with Gasteiger partial charge in [0.15, 0.2) is 11.5 Å². The summed E-state index contributed by atoms with van der Waals surface area (Å²) in [5, 5.41) is 2.61. The number of fused-ring (bicyclic) bond motifs is 1. The normalized spacial score (nSPS) is 16.1. The first-order valence-corrected chi connectivity index (χ1v) is 9.47. The van der Waals surface area contributed by atoms with Crippen molar-refractivity contribution in [3.8, 4) is 11.5 Å². The number of pyridine rings is 1. The zero-order chi connectivity index (χ0) is 19.3. The van der Waals surface area contributed by atoms with Crippen molar-refractivity contribution < 1.29 is 19.0 Å². The van der Waals surface area contributed by atoms with E-state index in [1.165, 1.54) is 5.56 Å². The lowest BCUT2D eigenvalue weighted by Crippen LogP contribution is -2.46. The van der Waals surface area contributed by atoms with Crippen LogP contribution in [-0.4, -0.2) is 55.6 Å². The minimum Gasteiger partial charge on any atom is -0.454 e. The average molecular weight is 384 g/mol. The summed E-state index contributed by atoms with van der Waals surface area (Å²) in [6.45, 7) is 7.09. The van der Waals surface area contributed by atoms with E-state index in [1.54, 1.807) is 19.2 Å². The topological polar surface area (TPSA) is 76.2 Å². The largest absolute Gasteiger partial charge is 0.454 e. The Labute approximate surface area is 164 Å². The van der Waals surface area contributed by atoms with Crippen LogP contribution in [0.1, 0.15) is 12.5 Å². The van der Waals surface area contributed by atoms with Gasteiger partial charge in [0.25, 0.3) is 0 Å². The van der Waals surface area contributed by atoms with Crippen LogP contribution in [0.25, 0.3) is 0 Å². The lowest BCUT2D eigenvalue weighted by Gasteiger charge is -2.36. The van der Waals surface area contributed by atoms with E-state index in [0.29, 0.717) is 19.2 Å². The molecule has 0 radical (unpaired) electrons. The van der Waals surface area contributed by atoms with Gasteiger partial charge in [0.2, 0.25) is 6.79 Å². The molecule has 28 heavy (non-hydrogen) atoms. The lowest BCUT2D eigenvalue weighted by molar-refractivity contribution is 0.167. The molecule has 0 unspecified atom stereocenters. The SMILES string of the molecule is CCOC(=O)Nc1ccc(N2CCN(Cc3ccc4c(c3)OCO4)CC2)cn1. The maximum atomic E-state index is 11.4. The summed E-state index contributed by atoms with van der Waals surface area (Å²) in [5.41, 5.74) is 2.28. The van der Waals surface area contributed by atoms with E-state index in [-0.39, 0.29) is 0 Å². The second-order valence-corrected chi connectivity index (χ2v) is 6.70. The standard InChI is InChI=1S/C20H24N4O4/c1-2-26-20(25)22-19-6-4-16(12-21-19)24-9-7-23(8-10-24)13-15-3-5-17-18(11-15)28-14-27-17/h3-6,11-12H,2,7-10,13-14H2,1H3,(H,21,22,25). The summed E-state index contributed by atoms with van der Waals surface area (Å²) in [4.78, 5) is 20.5. The molecule has 8 nitrogen and oxygen atoms in total. The molecule has 3 heterocycles. The van der Waals surface area contributed by atoms with Gasteiger partial charge in [-0.15, -0.1) is 0 Å². The van der Waals surface area contributed by atoms with E-state index in [1.807, 2.05) is 12.1 Å². The monoisotopic (exact) mass is 384 g/mol. The quantitative estimate of drug-likeness (QED) is 0.849. The first-order chi connectivity index (χ1) is 13.7. The Kier molecular flexibility index (Phi) is 5.48. The van der Waals surface area contributed by atoms with Crippen LogP contribution in [0.3, 0.4) is 0 Å². The van der Waals surface area contributed by atoms with Crippen LogP contribution in [0.5, 0.6) is 11.5 Å². The van der Waals surface area contributed by atoms with Gasteiger partial charge in [-0.1, -0.05) is 6.07 Å². The average Bonchev–Trinajstić information content (AvgIpc) is 3.17. The van der Waals surface area contributed by atoms with Gasteiger partial charge in [-0.05, 0) is 36.8 Å². The van der Waals surface area contributed by atoms with Gasteiger partial charge in [-0.25, -0.2) is 9.78 Å². The van der Waals surface area contributed by atoms with Gasteiger partial charge in [0.1, 0.15) is 5.82 Å². The third-order valence-corrected chi connectivity index (χ3v) is 4.83. The summed E-state index contributed by atoms with van der Waals surface area (Å²) in [7, 11) is 0. The third kappa shape index (κ3) is 4.28. The van der Waals surface area contributed by atoms with Gasteiger partial charge in [0, 0.05) is 32.7 Å². The Hall–Kier alpha value is -3.00. The first kappa shape index (κ1) is 18.4. The second-order valence-electron chi connectivity index (χ2n) is 6.70. The van der Waals surface area contributed by atoms with Crippen LogP contribution in [0, 0.1) is 0 Å². The van der Waals surface area contributed by atoms with Crippen molar-refractivity contribution >= 4 is 17.6 Å². The molecule has 8 heteroatoms. The molecule has 0 spiro atoms. The van der Waals surface area contributed by atoms with Gasteiger partial charge in [-0.3, -0.25) is 10.2 Å². The Morgan fingerprint density at radius 3 is 2.71 bits per heavy atom. The maximum Gasteiger partial charge on any atom is 0.412 e. The van der Waals surface area contributed by atoms with Crippen molar-refractivity contribution in [3.63, 3.8) is 0 Å². The number of anilines is 2. The number of nitrogens with zero attached hydrogens (tertiary/aromatic N) is 3. The molecule has 0 atom stereocenters. The highest BCUT2D eigenvalue weighted by atomic mass is 16.7. The Morgan fingerprint density at radius 1 is 1.14 bits per heavy atom. The van der Waals surface area contributed by atoms with Crippen molar-refractivity contribution in [2.24, 2.45) is 0 Å². The van der Waals surface area contributed by atoms with Gasteiger partial charge in [0.05, 0.1) is 18.5 Å². The summed E-state index contributed by atoms with van der Waals surface area (Å²) in [5.74, 6) is 2.14. The molecule has 0 aliphatic carbocycles. The summed E-state index contributed by atoms with van der Waals surface area (Å²) in [6.07, 6.45) is 1.30. The highest BCUT2D eigenvalue weighted by molar-refractivity contribution is 5.83. The number of ether oxygens (including phenoxy) is 3. The Bertz CT molecular complexity index is 819. The van der Waals surface area contributed by atoms with E-state index in [9.17, 15) is 4.79 Å². The van der Waals surface area contributed by atoms with Crippen LogP contribution in [-0.2, 0) is 11.3 Å². The van der Waals surface area contributed by atoms with Crippen molar-refractivity contribution in [1.82, 2.24) is 9.88 Å². The molecular weight excluding hydrogens is 360 g/mol. The molecular formula is C20H24N4O4. The molecule has 1 saturated heterocycles. The fraction of sp³-hybridized carbons (Fsp3) is 0.400. The van der Waals surface area contributed by atoms with Crippen molar-refractivity contribution in [2.45, 2.75) is 13.5 Å². The van der Waals surface area contributed by atoms with Crippen LogP contribution in [0.15, 0.2) is 36.5 Å². The lowest BCUT2D eigenvalue weighted by atomic mass is 10.1. The van der Waals surface area contributed by atoms with Gasteiger partial charge >= 0.3 is 6.09 Å². The fourth-order valence-electron chi connectivity index (χ4n) is 3.38. The molecule has 148 valence electrons. The highest BCUT2D eigenvalue weighted by Gasteiger charge is 2.19. The zero-order valence-electron chi connectivity index (χ0n) is 15.9. The minimum atomic E-state index is -0.486. The third-order valence-electron chi connectivity index (χ3n) is 4.83. The molecule has 2 aliphatic heterocycles. The number of carbonyl (C=O) groups is 1. The number of piperazine rings is 1. The van der Waals surface area contributed by atoms with Crippen molar-refractivity contribution in [1.29, 1.82) is 0 Å². The van der Waals surface area contributed by atoms with Crippen LogP contribution < -0.4 is 19.7 Å². The van der Waals surface area contributed by atoms with Gasteiger partial charge in [-0.2, -0.15) is 0 Å². The number of aromatic nitrogens is 1. The first-order valence-electron chi connectivity index (χ1n) is 9.47. The van der Waals surface area contributed by atoms with E-state index in [2.05, 4.69) is 32.2 Å². The van der Waals surface area contributed by atoms with Crippen LogP contribution in [0.4, 0.5) is 16.3 Å². The number of carbonyl (C=O) groups excluding carboxylic acids is 1. The highest BCUT2D eigenvalue weighted by Crippen LogP contribution is 2.33. The van der Waals surface area contributed by atoms with E-state index in [4.69, 9.17) is 14.2 Å². The van der Waals surface area contributed by atoms with Crippen LogP contribution in [0.2, 0.25) is 0 Å². The number of hydrogen-bond donors (Lipinski definition) is 1. The fourth-order valence-corrected chi connectivity index (χ4v) is 3.38.